The molecule has 1 aromatic carbocycles. The van der Waals surface area contributed by atoms with Gasteiger partial charge in [-0.25, -0.2) is 8.42 Å². The quantitative estimate of drug-likeness (QED) is 0.809. The normalized spacial score (nSPS) is 21.1. The Hall–Kier alpha value is -1.44. The van der Waals surface area contributed by atoms with E-state index in [1.807, 2.05) is 24.0 Å². The first-order valence-electron chi connectivity index (χ1n) is 9.61. The molecule has 1 N–H and O–H groups in total. The van der Waals surface area contributed by atoms with Gasteiger partial charge in [0.25, 0.3) is 0 Å². The topological polar surface area (TPSA) is 62.1 Å². The highest BCUT2D eigenvalue weighted by atomic mass is 32.2. The number of carbonyl (C=O) groups is 1. The Bertz CT molecular complexity index is 717. The van der Waals surface area contributed by atoms with E-state index in [0.717, 1.165) is 38.3 Å². The molecule has 2 aliphatic rings. The number of carbonyl (C=O) groups excluding carboxylic acids is 1. The third kappa shape index (κ3) is 4.10. The molecule has 2 saturated heterocycles. The molecular weight excluding hydrogens is 350 g/mol. The second-order valence-electron chi connectivity index (χ2n) is 7.42. The van der Waals surface area contributed by atoms with E-state index >= 15 is 0 Å². The van der Waals surface area contributed by atoms with Gasteiger partial charge in [0.05, 0.1) is 37.6 Å². The van der Waals surface area contributed by atoms with Crippen molar-refractivity contribution in [2.24, 2.45) is 5.92 Å². The van der Waals surface area contributed by atoms with Gasteiger partial charge in [-0.2, -0.15) is 4.31 Å². The molecule has 1 amide bonds. The molecule has 0 bridgehead atoms. The zero-order chi connectivity index (χ0) is 18.7. The number of piperazine rings is 1. The van der Waals surface area contributed by atoms with E-state index in [2.05, 4.69) is 6.92 Å². The molecule has 2 fully saturated rings. The Labute approximate surface area is 156 Å². The maximum atomic E-state index is 12.8. The van der Waals surface area contributed by atoms with Gasteiger partial charge in [0.1, 0.15) is 0 Å². The predicted molar refractivity (Wildman–Crippen MR) is 100 cm³/mol. The summed E-state index contributed by atoms with van der Waals surface area (Å²) in [5.41, 5.74) is 1.04. The van der Waals surface area contributed by atoms with Gasteiger partial charge in [-0.05, 0) is 38.8 Å². The Kier molecular flexibility index (Phi) is 5.99. The van der Waals surface area contributed by atoms with E-state index in [1.165, 1.54) is 4.31 Å². The number of rotatable bonds is 4. The largest absolute Gasteiger partial charge is 0.332 e. The molecule has 144 valence electrons. The molecule has 2 aliphatic heterocycles. The molecule has 7 heteroatoms. The fraction of sp³-hybridized carbons (Fsp3) is 0.632. The lowest BCUT2D eigenvalue weighted by atomic mass is 9.96. The van der Waals surface area contributed by atoms with Crippen molar-refractivity contribution in [3.63, 3.8) is 0 Å². The molecule has 2 heterocycles. The van der Waals surface area contributed by atoms with Crippen molar-refractivity contribution in [2.75, 3.05) is 45.8 Å². The van der Waals surface area contributed by atoms with Crippen molar-refractivity contribution in [1.82, 2.24) is 9.21 Å². The molecule has 3 rings (SSSR count). The van der Waals surface area contributed by atoms with Crippen LogP contribution in [0, 0.1) is 12.8 Å². The Balaban J connectivity index is 1.57. The number of hydrogen-bond donors (Lipinski definition) is 1. The summed E-state index contributed by atoms with van der Waals surface area (Å²) in [6.45, 7) is 9.75. The van der Waals surface area contributed by atoms with Crippen LogP contribution in [0.2, 0.25) is 0 Å². The van der Waals surface area contributed by atoms with Crippen LogP contribution >= 0.6 is 0 Å². The van der Waals surface area contributed by atoms with E-state index in [9.17, 15) is 13.2 Å². The lowest BCUT2D eigenvalue weighted by molar-refractivity contribution is -0.902. The van der Waals surface area contributed by atoms with Gasteiger partial charge in [-0.3, -0.25) is 4.79 Å². The number of amides is 1. The van der Waals surface area contributed by atoms with Crippen LogP contribution in [0.25, 0.3) is 0 Å². The molecule has 6 nitrogen and oxygen atoms in total. The Morgan fingerprint density at radius 1 is 1.08 bits per heavy atom. The number of hydrogen-bond acceptors (Lipinski definition) is 3. The minimum Gasteiger partial charge on any atom is -0.332 e. The molecule has 1 aromatic rings. The van der Waals surface area contributed by atoms with Crippen molar-refractivity contribution in [1.29, 1.82) is 0 Å². The minimum atomic E-state index is -3.46. The highest BCUT2D eigenvalue weighted by Crippen LogP contribution is 2.25. The standard InChI is InChI=1S/C19H29N3O3S/c1-3-20-12-14-21(15-13-20)19(23)17-8-10-22(11-9-17)26(24,25)18-6-4-16(2)5-7-18/h4-7,17H,3,8-15H2,1-2H3/p+1. The third-order valence-electron chi connectivity index (χ3n) is 5.74. The molecule has 0 unspecified atom stereocenters. The average molecular weight is 381 g/mol. The third-order valence-corrected chi connectivity index (χ3v) is 7.66. The smallest absolute Gasteiger partial charge is 0.243 e. The highest BCUT2D eigenvalue weighted by Gasteiger charge is 2.34. The van der Waals surface area contributed by atoms with Crippen LogP contribution in [0.4, 0.5) is 0 Å². The fourth-order valence-corrected chi connectivity index (χ4v) is 5.33. The fourth-order valence-electron chi connectivity index (χ4n) is 3.86. The number of nitrogens with one attached hydrogen (secondary N) is 1. The summed E-state index contributed by atoms with van der Waals surface area (Å²) in [6, 6.07) is 6.97. The first-order valence-corrected chi connectivity index (χ1v) is 11.0. The summed E-state index contributed by atoms with van der Waals surface area (Å²) >= 11 is 0. The number of quaternary nitrogens is 1. The van der Waals surface area contributed by atoms with E-state index in [0.29, 0.717) is 30.8 Å². The SMILES string of the molecule is CC[NH+]1CCN(C(=O)C2CCN(S(=O)(=O)c3ccc(C)cc3)CC2)CC1. The molecule has 0 aromatic heterocycles. The van der Waals surface area contributed by atoms with Gasteiger partial charge >= 0.3 is 0 Å². The first-order chi connectivity index (χ1) is 12.4. The van der Waals surface area contributed by atoms with E-state index in [4.69, 9.17) is 0 Å². The van der Waals surface area contributed by atoms with E-state index < -0.39 is 10.0 Å². The van der Waals surface area contributed by atoms with Gasteiger partial charge in [-0.15, -0.1) is 0 Å². The summed E-state index contributed by atoms with van der Waals surface area (Å²) in [7, 11) is -3.46. The minimum absolute atomic E-state index is 0.0392. The summed E-state index contributed by atoms with van der Waals surface area (Å²) in [5, 5.41) is 0. The molecule has 26 heavy (non-hydrogen) atoms. The number of piperidine rings is 1. The van der Waals surface area contributed by atoms with Crippen LogP contribution in [-0.4, -0.2) is 69.3 Å². The van der Waals surface area contributed by atoms with Gasteiger partial charge in [-0.1, -0.05) is 17.7 Å². The highest BCUT2D eigenvalue weighted by molar-refractivity contribution is 7.89. The van der Waals surface area contributed by atoms with E-state index in [-0.39, 0.29) is 11.8 Å². The van der Waals surface area contributed by atoms with Crippen LogP contribution in [0.5, 0.6) is 0 Å². The monoisotopic (exact) mass is 380 g/mol. The molecule has 0 aliphatic carbocycles. The lowest BCUT2D eigenvalue weighted by Crippen LogP contribution is -3.14. The summed E-state index contributed by atoms with van der Waals surface area (Å²) in [6.07, 6.45) is 1.23. The number of likely N-dealkylation sites (N-methyl/N-ethyl adjacent to an activating group) is 1. The summed E-state index contributed by atoms with van der Waals surface area (Å²) in [5.74, 6) is 0.176. The molecule has 0 radical (unpaired) electrons. The van der Waals surface area contributed by atoms with Crippen molar-refractivity contribution < 1.29 is 18.1 Å². The first kappa shape index (κ1) is 19.3. The number of nitrogens with zero attached hydrogens (tertiary/aromatic N) is 2. The second-order valence-corrected chi connectivity index (χ2v) is 9.36. The average Bonchev–Trinajstić information content (AvgIpc) is 2.68. The van der Waals surface area contributed by atoms with Gasteiger partial charge < -0.3 is 9.80 Å². The number of benzene rings is 1. The van der Waals surface area contributed by atoms with Gasteiger partial charge in [0.2, 0.25) is 15.9 Å². The lowest BCUT2D eigenvalue weighted by Gasteiger charge is -2.36. The van der Waals surface area contributed by atoms with Crippen LogP contribution in [0.15, 0.2) is 29.2 Å². The zero-order valence-electron chi connectivity index (χ0n) is 15.8. The molecule has 0 spiro atoms. The van der Waals surface area contributed by atoms with Gasteiger partial charge in [0.15, 0.2) is 0 Å². The van der Waals surface area contributed by atoms with Crippen molar-refractivity contribution >= 4 is 15.9 Å². The Morgan fingerprint density at radius 3 is 2.19 bits per heavy atom. The summed E-state index contributed by atoms with van der Waals surface area (Å²) in [4.78, 5) is 16.6. The van der Waals surface area contributed by atoms with Gasteiger partial charge in [0, 0.05) is 19.0 Å². The number of aryl methyl sites for hydroxylation is 1. The second kappa shape index (κ2) is 8.06. The van der Waals surface area contributed by atoms with Crippen LogP contribution < -0.4 is 4.90 Å². The van der Waals surface area contributed by atoms with Crippen LogP contribution in [-0.2, 0) is 14.8 Å². The van der Waals surface area contributed by atoms with Crippen LogP contribution in [0.1, 0.15) is 25.3 Å². The van der Waals surface area contributed by atoms with Crippen molar-refractivity contribution in [2.45, 2.75) is 31.6 Å². The summed E-state index contributed by atoms with van der Waals surface area (Å²) < 4.78 is 27.1. The van der Waals surface area contributed by atoms with Crippen molar-refractivity contribution in [3.05, 3.63) is 29.8 Å². The predicted octanol–water partition coefficient (Wildman–Crippen LogP) is 0.143. The maximum absolute atomic E-state index is 12.8. The zero-order valence-corrected chi connectivity index (χ0v) is 16.6. The molecule has 0 saturated carbocycles. The van der Waals surface area contributed by atoms with E-state index in [1.54, 1.807) is 17.0 Å². The number of sulfonamides is 1. The van der Waals surface area contributed by atoms with Crippen LogP contribution in [0.3, 0.4) is 0 Å². The molecule has 0 atom stereocenters. The molecular formula is C19H30N3O3S+. The maximum Gasteiger partial charge on any atom is 0.243 e. The van der Waals surface area contributed by atoms with Crippen molar-refractivity contribution in [3.8, 4) is 0 Å². The Morgan fingerprint density at radius 2 is 1.65 bits per heavy atom.